The van der Waals surface area contributed by atoms with Crippen molar-refractivity contribution in [3.8, 4) is 0 Å². The Morgan fingerprint density at radius 1 is 1.54 bits per heavy atom. The standard InChI is InChI=1S/C11H15NO/c1-8-6-11(13,7-12)10-5-3-2-4-9(8)10/h2-5,8,13H,6-7,12H2,1H3/t8-,11-/m0/s1. The predicted octanol–water partition coefficient (Wildman–Crippen LogP) is 1.34. The molecule has 0 heterocycles. The highest BCUT2D eigenvalue weighted by molar-refractivity contribution is 5.40. The van der Waals surface area contributed by atoms with Crippen LogP contribution in [-0.2, 0) is 5.60 Å². The van der Waals surface area contributed by atoms with Gasteiger partial charge in [0.05, 0.1) is 0 Å². The molecule has 0 bridgehead atoms. The normalized spacial score (nSPS) is 31.8. The number of benzene rings is 1. The lowest BCUT2D eigenvalue weighted by Gasteiger charge is -2.21. The van der Waals surface area contributed by atoms with Crippen LogP contribution in [-0.4, -0.2) is 11.7 Å². The Bertz CT molecular complexity index is 324. The minimum atomic E-state index is -0.782. The van der Waals surface area contributed by atoms with Gasteiger partial charge in [-0.1, -0.05) is 31.2 Å². The smallest absolute Gasteiger partial charge is 0.103 e. The molecule has 70 valence electrons. The zero-order chi connectivity index (χ0) is 9.47. The van der Waals surface area contributed by atoms with E-state index in [9.17, 15) is 5.11 Å². The topological polar surface area (TPSA) is 46.2 Å². The van der Waals surface area contributed by atoms with Crippen LogP contribution in [0.3, 0.4) is 0 Å². The molecule has 0 amide bonds. The lowest BCUT2D eigenvalue weighted by atomic mass is 9.96. The highest BCUT2D eigenvalue weighted by Gasteiger charge is 2.38. The second-order valence-electron chi connectivity index (χ2n) is 3.93. The van der Waals surface area contributed by atoms with Crippen LogP contribution >= 0.6 is 0 Å². The summed E-state index contributed by atoms with van der Waals surface area (Å²) in [5, 5.41) is 10.2. The largest absolute Gasteiger partial charge is 0.384 e. The Morgan fingerprint density at radius 3 is 2.92 bits per heavy atom. The molecule has 0 aromatic heterocycles. The Hall–Kier alpha value is -0.860. The quantitative estimate of drug-likeness (QED) is 0.680. The third kappa shape index (κ3) is 1.18. The van der Waals surface area contributed by atoms with Crippen LogP contribution in [0.2, 0.25) is 0 Å². The fourth-order valence-electron chi connectivity index (χ4n) is 2.27. The molecule has 1 aromatic carbocycles. The Morgan fingerprint density at radius 2 is 2.23 bits per heavy atom. The van der Waals surface area contributed by atoms with E-state index in [2.05, 4.69) is 13.0 Å². The van der Waals surface area contributed by atoms with Crippen LogP contribution in [0, 0.1) is 0 Å². The van der Waals surface area contributed by atoms with Gasteiger partial charge in [0.15, 0.2) is 0 Å². The van der Waals surface area contributed by atoms with E-state index in [-0.39, 0.29) is 0 Å². The Kier molecular flexibility index (Phi) is 1.90. The molecule has 2 nitrogen and oxygen atoms in total. The summed E-state index contributed by atoms with van der Waals surface area (Å²) in [7, 11) is 0. The van der Waals surface area contributed by atoms with Crippen LogP contribution in [0.15, 0.2) is 24.3 Å². The van der Waals surface area contributed by atoms with Gasteiger partial charge in [-0.05, 0) is 23.5 Å². The van der Waals surface area contributed by atoms with Crippen molar-refractivity contribution >= 4 is 0 Å². The minimum absolute atomic E-state index is 0.314. The zero-order valence-electron chi connectivity index (χ0n) is 7.83. The Balaban J connectivity index is 2.53. The fourth-order valence-corrected chi connectivity index (χ4v) is 2.27. The molecule has 1 aliphatic carbocycles. The van der Waals surface area contributed by atoms with Gasteiger partial charge in [-0.15, -0.1) is 0 Å². The number of hydrogen-bond acceptors (Lipinski definition) is 2. The minimum Gasteiger partial charge on any atom is -0.384 e. The van der Waals surface area contributed by atoms with Gasteiger partial charge in [-0.25, -0.2) is 0 Å². The molecule has 13 heavy (non-hydrogen) atoms. The van der Waals surface area contributed by atoms with E-state index >= 15 is 0 Å². The maximum atomic E-state index is 10.2. The molecular weight excluding hydrogens is 162 g/mol. The van der Waals surface area contributed by atoms with Crippen molar-refractivity contribution in [3.05, 3.63) is 35.4 Å². The third-order valence-electron chi connectivity index (χ3n) is 2.97. The summed E-state index contributed by atoms with van der Waals surface area (Å²) < 4.78 is 0. The average molecular weight is 177 g/mol. The van der Waals surface area contributed by atoms with Crippen LogP contribution in [0.4, 0.5) is 0 Å². The van der Waals surface area contributed by atoms with Gasteiger partial charge in [0.25, 0.3) is 0 Å². The van der Waals surface area contributed by atoms with E-state index in [0.29, 0.717) is 12.5 Å². The molecular formula is C11H15NO. The first-order valence-corrected chi connectivity index (χ1v) is 4.69. The molecule has 2 rings (SSSR count). The molecule has 2 heteroatoms. The van der Waals surface area contributed by atoms with Gasteiger partial charge in [-0.3, -0.25) is 0 Å². The number of fused-ring (bicyclic) bond motifs is 1. The second-order valence-corrected chi connectivity index (χ2v) is 3.93. The summed E-state index contributed by atoms with van der Waals surface area (Å²) in [6.07, 6.45) is 0.753. The Labute approximate surface area is 78.4 Å². The van der Waals surface area contributed by atoms with Crippen molar-refractivity contribution in [3.63, 3.8) is 0 Å². The van der Waals surface area contributed by atoms with Crippen LogP contribution in [0.5, 0.6) is 0 Å². The first-order chi connectivity index (χ1) is 6.17. The molecule has 0 aliphatic heterocycles. The maximum absolute atomic E-state index is 10.2. The summed E-state index contributed by atoms with van der Waals surface area (Å²) >= 11 is 0. The summed E-state index contributed by atoms with van der Waals surface area (Å²) in [6.45, 7) is 2.45. The van der Waals surface area contributed by atoms with Crippen molar-refractivity contribution < 1.29 is 5.11 Å². The molecule has 0 fully saturated rings. The van der Waals surface area contributed by atoms with Gasteiger partial charge >= 0.3 is 0 Å². The van der Waals surface area contributed by atoms with Gasteiger partial charge in [0.2, 0.25) is 0 Å². The molecule has 1 aliphatic rings. The highest BCUT2D eigenvalue weighted by atomic mass is 16.3. The van der Waals surface area contributed by atoms with Crippen molar-refractivity contribution in [2.24, 2.45) is 5.73 Å². The van der Waals surface area contributed by atoms with E-state index in [0.717, 1.165) is 12.0 Å². The molecule has 3 N–H and O–H groups in total. The number of rotatable bonds is 1. The second kappa shape index (κ2) is 2.82. The molecule has 0 unspecified atom stereocenters. The summed E-state index contributed by atoms with van der Waals surface area (Å²) in [5.74, 6) is 0.421. The fraction of sp³-hybridized carbons (Fsp3) is 0.455. The lowest BCUT2D eigenvalue weighted by molar-refractivity contribution is 0.0440. The molecule has 0 saturated carbocycles. The number of hydrogen-bond donors (Lipinski definition) is 2. The van der Waals surface area contributed by atoms with Crippen molar-refractivity contribution in [1.82, 2.24) is 0 Å². The van der Waals surface area contributed by atoms with E-state index < -0.39 is 5.60 Å². The van der Waals surface area contributed by atoms with E-state index in [1.807, 2.05) is 18.2 Å². The van der Waals surface area contributed by atoms with Crippen LogP contribution in [0.1, 0.15) is 30.4 Å². The monoisotopic (exact) mass is 177 g/mol. The van der Waals surface area contributed by atoms with Gasteiger partial charge in [0.1, 0.15) is 5.60 Å². The zero-order valence-corrected chi connectivity index (χ0v) is 7.83. The number of nitrogens with two attached hydrogens (primary N) is 1. The van der Waals surface area contributed by atoms with Crippen molar-refractivity contribution in [1.29, 1.82) is 0 Å². The predicted molar refractivity (Wildman–Crippen MR) is 52.4 cm³/mol. The molecule has 0 saturated heterocycles. The molecule has 2 atom stereocenters. The maximum Gasteiger partial charge on any atom is 0.103 e. The van der Waals surface area contributed by atoms with Gasteiger partial charge < -0.3 is 10.8 Å². The lowest BCUT2D eigenvalue weighted by Crippen LogP contribution is -2.32. The van der Waals surface area contributed by atoms with E-state index in [1.165, 1.54) is 5.56 Å². The van der Waals surface area contributed by atoms with Crippen LogP contribution in [0.25, 0.3) is 0 Å². The first-order valence-electron chi connectivity index (χ1n) is 4.69. The van der Waals surface area contributed by atoms with Crippen LogP contribution < -0.4 is 5.73 Å². The molecule has 0 radical (unpaired) electrons. The first kappa shape index (κ1) is 8.73. The summed E-state index contributed by atoms with van der Waals surface area (Å²) in [5.41, 5.74) is 7.08. The molecule has 0 spiro atoms. The van der Waals surface area contributed by atoms with Crippen molar-refractivity contribution in [2.45, 2.75) is 24.9 Å². The SMILES string of the molecule is C[C@H]1C[C@](O)(CN)c2ccccc21. The highest BCUT2D eigenvalue weighted by Crippen LogP contribution is 2.43. The van der Waals surface area contributed by atoms with Gasteiger partial charge in [-0.2, -0.15) is 0 Å². The summed E-state index contributed by atoms with van der Waals surface area (Å²) in [4.78, 5) is 0. The number of aliphatic hydroxyl groups is 1. The van der Waals surface area contributed by atoms with E-state index in [1.54, 1.807) is 0 Å². The average Bonchev–Trinajstić information content (AvgIpc) is 2.42. The summed E-state index contributed by atoms with van der Waals surface area (Å²) in [6, 6.07) is 8.02. The van der Waals surface area contributed by atoms with E-state index in [4.69, 9.17) is 5.73 Å². The third-order valence-corrected chi connectivity index (χ3v) is 2.97. The molecule has 1 aromatic rings. The van der Waals surface area contributed by atoms with Gasteiger partial charge in [0, 0.05) is 6.54 Å². The van der Waals surface area contributed by atoms with Crippen molar-refractivity contribution in [2.75, 3.05) is 6.54 Å².